The fourth-order valence-electron chi connectivity index (χ4n) is 6.72. The first kappa shape index (κ1) is 34.4. The molecular weight excluding hydrogens is 638 g/mol. The number of aromatic hydroxyl groups is 1. The number of esters is 1. The van der Waals surface area contributed by atoms with Crippen LogP contribution in [-0.4, -0.2) is 91.7 Å². The fourth-order valence-corrected chi connectivity index (χ4v) is 6.72. The van der Waals surface area contributed by atoms with Gasteiger partial charge in [-0.05, 0) is 68.1 Å². The zero-order valence-corrected chi connectivity index (χ0v) is 26.8. The Morgan fingerprint density at radius 3 is 2.33 bits per heavy atom. The Morgan fingerprint density at radius 1 is 0.980 bits per heavy atom. The van der Waals surface area contributed by atoms with Crippen LogP contribution in [0.15, 0.2) is 42.5 Å². The topological polar surface area (TPSA) is 212 Å². The number of piperidine rings is 1. The van der Waals surface area contributed by atoms with Crippen molar-refractivity contribution < 1.29 is 59.2 Å². The standard InChI is InChI=1S/C36H37NO12/c1-17-33(43)36(45,46)34(44)35(47-17)49-25-15-23-29(31(41)26(25)20-10-12-37-13-11-20)32(42)27-21(16-38)14-24(48-18(2)39)22(28(27)30(23)40)9-8-19-6-4-3-5-7-19/h3-9,14-15,17,20,33-35,37-38,41,43-46H,10-13,16H2,1-2H3/t17-,33-,34+,35-/m1/s1. The Balaban J connectivity index is 1.56. The van der Waals surface area contributed by atoms with E-state index in [9.17, 15) is 45.0 Å². The number of aliphatic hydroxyl groups is 5. The van der Waals surface area contributed by atoms with Gasteiger partial charge < -0.3 is 50.2 Å². The van der Waals surface area contributed by atoms with Crippen molar-refractivity contribution in [3.8, 4) is 17.2 Å². The molecule has 0 saturated carbocycles. The second-order valence-electron chi connectivity index (χ2n) is 12.4. The lowest BCUT2D eigenvalue weighted by Crippen LogP contribution is -2.67. The van der Waals surface area contributed by atoms with Crippen molar-refractivity contribution in [2.24, 2.45) is 0 Å². The normalized spacial score (nSPS) is 23.7. The third kappa shape index (κ3) is 6.15. The molecule has 6 rings (SSSR count). The molecule has 258 valence electrons. The first-order valence-electron chi connectivity index (χ1n) is 15.9. The minimum Gasteiger partial charge on any atom is -0.507 e. The average molecular weight is 676 g/mol. The molecule has 2 aliphatic heterocycles. The number of ether oxygens (including phenoxy) is 3. The molecule has 2 saturated heterocycles. The molecule has 3 aliphatic rings. The molecule has 4 atom stereocenters. The van der Waals surface area contributed by atoms with Crippen LogP contribution in [0.4, 0.5) is 0 Å². The highest BCUT2D eigenvalue weighted by Gasteiger charge is 2.54. The van der Waals surface area contributed by atoms with Gasteiger partial charge in [0, 0.05) is 34.7 Å². The number of hydrogen-bond acceptors (Lipinski definition) is 13. The molecule has 3 aromatic rings. The van der Waals surface area contributed by atoms with E-state index in [1.807, 2.05) is 6.07 Å². The lowest BCUT2D eigenvalue weighted by Gasteiger charge is -2.44. The molecule has 0 unspecified atom stereocenters. The van der Waals surface area contributed by atoms with Gasteiger partial charge in [-0.25, -0.2) is 0 Å². The van der Waals surface area contributed by atoms with Crippen LogP contribution in [0.1, 0.15) is 86.7 Å². The first-order chi connectivity index (χ1) is 23.3. The van der Waals surface area contributed by atoms with Crippen molar-refractivity contribution in [1.82, 2.24) is 5.32 Å². The van der Waals surface area contributed by atoms with Gasteiger partial charge in [0.1, 0.15) is 23.4 Å². The van der Waals surface area contributed by atoms with E-state index in [1.54, 1.807) is 30.3 Å². The number of nitrogens with one attached hydrogen (secondary N) is 1. The van der Waals surface area contributed by atoms with Crippen LogP contribution in [0.25, 0.3) is 12.2 Å². The van der Waals surface area contributed by atoms with Gasteiger partial charge in [-0.2, -0.15) is 0 Å². The van der Waals surface area contributed by atoms with Crippen LogP contribution in [0, 0.1) is 0 Å². The Kier molecular flexibility index (Phi) is 9.44. The summed E-state index contributed by atoms with van der Waals surface area (Å²) in [7, 11) is 0. The first-order valence-corrected chi connectivity index (χ1v) is 15.9. The molecule has 13 heteroatoms. The van der Waals surface area contributed by atoms with Crippen LogP contribution < -0.4 is 14.8 Å². The molecule has 2 heterocycles. The van der Waals surface area contributed by atoms with Gasteiger partial charge in [0.15, 0.2) is 17.7 Å². The van der Waals surface area contributed by atoms with E-state index in [0.717, 1.165) is 5.56 Å². The number of aliphatic hydroxyl groups excluding tert-OH is 3. The van der Waals surface area contributed by atoms with Crippen molar-refractivity contribution in [1.29, 1.82) is 0 Å². The second kappa shape index (κ2) is 13.4. The van der Waals surface area contributed by atoms with Crippen molar-refractivity contribution >= 4 is 29.7 Å². The van der Waals surface area contributed by atoms with Gasteiger partial charge in [-0.1, -0.05) is 36.4 Å². The Morgan fingerprint density at radius 2 is 1.67 bits per heavy atom. The summed E-state index contributed by atoms with van der Waals surface area (Å²) in [6, 6.07) is 11.6. The number of carbonyl (C=O) groups excluding carboxylic acids is 3. The van der Waals surface area contributed by atoms with Crippen molar-refractivity contribution in [3.05, 3.63) is 87.0 Å². The minimum absolute atomic E-state index is 0.00348. The Bertz CT molecular complexity index is 1830. The number of rotatable bonds is 7. The summed E-state index contributed by atoms with van der Waals surface area (Å²) in [5, 5.41) is 67.3. The predicted octanol–water partition coefficient (Wildman–Crippen LogP) is 1.75. The largest absolute Gasteiger partial charge is 0.507 e. The summed E-state index contributed by atoms with van der Waals surface area (Å²) in [5.41, 5.74) is 0.0264. The Hall–Kier alpha value is -4.47. The summed E-state index contributed by atoms with van der Waals surface area (Å²) < 4.78 is 17.0. The van der Waals surface area contributed by atoms with Crippen LogP contribution in [-0.2, 0) is 16.1 Å². The summed E-state index contributed by atoms with van der Waals surface area (Å²) in [4.78, 5) is 41.1. The maximum absolute atomic E-state index is 14.6. The zero-order chi connectivity index (χ0) is 35.2. The molecule has 0 radical (unpaired) electrons. The fraction of sp³-hybridized carbons (Fsp3) is 0.361. The van der Waals surface area contributed by atoms with E-state index in [0.29, 0.717) is 25.9 Å². The third-order valence-electron chi connectivity index (χ3n) is 9.22. The van der Waals surface area contributed by atoms with Crippen molar-refractivity contribution in [2.45, 2.75) is 69.6 Å². The summed E-state index contributed by atoms with van der Waals surface area (Å²) >= 11 is 0. The van der Waals surface area contributed by atoms with Gasteiger partial charge >= 0.3 is 5.97 Å². The third-order valence-corrected chi connectivity index (χ3v) is 9.22. The molecule has 49 heavy (non-hydrogen) atoms. The number of fused-ring (bicyclic) bond motifs is 2. The van der Waals surface area contributed by atoms with Crippen LogP contribution in [0.5, 0.6) is 17.2 Å². The number of phenols is 1. The monoisotopic (exact) mass is 675 g/mol. The lowest BCUT2D eigenvalue weighted by atomic mass is 9.76. The molecule has 0 bridgehead atoms. The van der Waals surface area contributed by atoms with Crippen molar-refractivity contribution in [3.63, 3.8) is 0 Å². The van der Waals surface area contributed by atoms with Crippen LogP contribution in [0.3, 0.4) is 0 Å². The summed E-state index contributed by atoms with van der Waals surface area (Å²) in [6.45, 7) is 2.94. The highest BCUT2D eigenvalue weighted by Crippen LogP contribution is 2.48. The molecule has 2 fully saturated rings. The molecule has 3 aromatic carbocycles. The van der Waals surface area contributed by atoms with E-state index >= 15 is 0 Å². The smallest absolute Gasteiger partial charge is 0.308 e. The Labute approximate surface area is 281 Å². The van der Waals surface area contributed by atoms with Gasteiger partial charge in [0.25, 0.3) is 0 Å². The number of phenolic OH excluding ortho intramolecular Hbond substituents is 1. The second-order valence-corrected chi connectivity index (χ2v) is 12.4. The molecule has 0 aromatic heterocycles. The average Bonchev–Trinajstić information content (AvgIpc) is 3.08. The van der Waals surface area contributed by atoms with Crippen molar-refractivity contribution in [2.75, 3.05) is 13.1 Å². The highest BCUT2D eigenvalue weighted by molar-refractivity contribution is 6.31. The maximum Gasteiger partial charge on any atom is 0.308 e. The van der Waals surface area contributed by atoms with E-state index < -0.39 is 66.2 Å². The molecule has 0 spiro atoms. The number of hydrogen-bond donors (Lipinski definition) is 7. The van der Waals surface area contributed by atoms with Crippen LogP contribution >= 0.6 is 0 Å². The zero-order valence-electron chi connectivity index (χ0n) is 26.8. The number of benzene rings is 3. The minimum atomic E-state index is -3.02. The van der Waals surface area contributed by atoms with Gasteiger partial charge in [0.2, 0.25) is 12.1 Å². The predicted molar refractivity (Wildman–Crippen MR) is 173 cm³/mol. The number of carbonyl (C=O) groups is 3. The van der Waals surface area contributed by atoms with Gasteiger partial charge in [-0.3, -0.25) is 14.4 Å². The highest BCUT2D eigenvalue weighted by atomic mass is 16.7. The number of ketones is 2. The van der Waals surface area contributed by atoms with E-state index in [4.69, 9.17) is 14.2 Å². The summed E-state index contributed by atoms with van der Waals surface area (Å²) in [5.74, 6) is -6.42. The quantitative estimate of drug-likeness (QED) is 0.0645. The maximum atomic E-state index is 14.6. The lowest BCUT2D eigenvalue weighted by molar-refractivity contribution is -0.371. The van der Waals surface area contributed by atoms with Crippen LogP contribution in [0.2, 0.25) is 0 Å². The van der Waals surface area contributed by atoms with E-state index in [1.165, 1.54) is 32.1 Å². The van der Waals surface area contributed by atoms with E-state index in [-0.39, 0.29) is 50.4 Å². The van der Waals surface area contributed by atoms with E-state index in [2.05, 4.69) is 5.32 Å². The SMILES string of the molecule is CC(=O)Oc1cc(CO)c2c(c1C=Cc1ccccc1)C(=O)c1cc(O[C@H]3O[C@H](C)[C@@H](O)C(O)(O)[C@H]3O)c(C3CCNCC3)c(O)c1C2=O. The van der Waals surface area contributed by atoms with Gasteiger partial charge in [-0.15, -0.1) is 0 Å². The summed E-state index contributed by atoms with van der Waals surface area (Å²) in [6.07, 6.45) is -2.86. The molecule has 1 aliphatic carbocycles. The van der Waals surface area contributed by atoms with Gasteiger partial charge in [0.05, 0.1) is 18.3 Å². The molecule has 7 N–H and O–H groups in total. The molecular formula is C36H37NO12. The molecule has 13 nitrogen and oxygen atoms in total. The molecule has 0 amide bonds.